The molecule has 1 aromatic carbocycles. The van der Waals surface area contributed by atoms with Crippen molar-refractivity contribution in [2.24, 2.45) is 10.9 Å². The van der Waals surface area contributed by atoms with E-state index in [2.05, 4.69) is 62.7 Å². The molecule has 1 amide bonds. The number of amides is 1. The second kappa shape index (κ2) is 11.2. The van der Waals surface area contributed by atoms with Gasteiger partial charge in [-0.1, -0.05) is 41.4 Å². The Labute approximate surface area is 170 Å². The van der Waals surface area contributed by atoms with E-state index in [0.717, 1.165) is 42.7 Å². The maximum Gasteiger partial charge on any atom is 0.409 e. The van der Waals surface area contributed by atoms with Crippen molar-refractivity contribution in [3.05, 3.63) is 34.3 Å². The third-order valence-electron chi connectivity index (χ3n) is 5.04. The van der Waals surface area contributed by atoms with E-state index in [1.807, 2.05) is 0 Å². The van der Waals surface area contributed by atoms with E-state index in [9.17, 15) is 4.79 Å². The summed E-state index contributed by atoms with van der Waals surface area (Å²) >= 11 is 3.54. The first kappa shape index (κ1) is 21.5. The van der Waals surface area contributed by atoms with E-state index >= 15 is 0 Å². The topological polar surface area (TPSA) is 66.0 Å². The first-order valence-corrected chi connectivity index (χ1v) is 10.4. The summed E-state index contributed by atoms with van der Waals surface area (Å²) in [4.78, 5) is 17.7. The predicted octanol–water partition coefficient (Wildman–Crippen LogP) is 3.41. The number of likely N-dealkylation sites (tertiary alicyclic amines) is 1. The summed E-state index contributed by atoms with van der Waals surface area (Å²) in [7, 11) is 3.23. The van der Waals surface area contributed by atoms with Gasteiger partial charge in [-0.05, 0) is 42.9 Å². The van der Waals surface area contributed by atoms with Crippen molar-refractivity contribution in [2.45, 2.75) is 38.6 Å². The highest BCUT2D eigenvalue weighted by Gasteiger charge is 2.23. The van der Waals surface area contributed by atoms with E-state index < -0.39 is 0 Å². The number of guanidine groups is 1. The third kappa shape index (κ3) is 7.05. The number of carbonyl (C=O) groups is 1. The molecule has 1 aromatic rings. The van der Waals surface area contributed by atoms with Crippen LogP contribution in [0.4, 0.5) is 4.79 Å². The first-order chi connectivity index (χ1) is 13.0. The van der Waals surface area contributed by atoms with Gasteiger partial charge in [0.05, 0.1) is 7.11 Å². The highest BCUT2D eigenvalue weighted by molar-refractivity contribution is 9.10. The molecule has 1 unspecified atom stereocenters. The number of piperidine rings is 1. The van der Waals surface area contributed by atoms with Crippen LogP contribution in [-0.2, 0) is 11.2 Å². The number of rotatable bonds is 6. The molecule has 0 spiro atoms. The molecule has 0 aliphatic carbocycles. The maximum atomic E-state index is 11.6. The van der Waals surface area contributed by atoms with Crippen molar-refractivity contribution >= 4 is 28.0 Å². The summed E-state index contributed by atoms with van der Waals surface area (Å²) in [6, 6.07) is 8.82. The highest BCUT2D eigenvalue weighted by atomic mass is 79.9. The van der Waals surface area contributed by atoms with Crippen LogP contribution in [0.25, 0.3) is 0 Å². The van der Waals surface area contributed by atoms with Crippen LogP contribution in [0.1, 0.15) is 31.7 Å². The molecule has 27 heavy (non-hydrogen) atoms. The SMILES string of the molecule is CCC(CNC(=NC)NC1CCN(C(=O)OC)CC1)Cc1cccc(Br)c1. The summed E-state index contributed by atoms with van der Waals surface area (Å²) in [5, 5.41) is 6.96. The van der Waals surface area contributed by atoms with Crippen LogP contribution in [0, 0.1) is 5.92 Å². The molecule has 7 heteroatoms. The van der Waals surface area contributed by atoms with Crippen molar-refractivity contribution < 1.29 is 9.53 Å². The number of methoxy groups -OCH3 is 1. The van der Waals surface area contributed by atoms with E-state index in [0.29, 0.717) is 25.0 Å². The quantitative estimate of drug-likeness (QED) is 0.527. The summed E-state index contributed by atoms with van der Waals surface area (Å²) in [5.41, 5.74) is 1.34. The Hall–Kier alpha value is -1.76. The number of benzene rings is 1. The second-order valence-corrected chi connectivity index (χ2v) is 7.85. The largest absolute Gasteiger partial charge is 0.453 e. The Morgan fingerprint density at radius 2 is 2.15 bits per heavy atom. The molecule has 0 saturated carbocycles. The molecule has 1 saturated heterocycles. The Morgan fingerprint density at radius 1 is 1.41 bits per heavy atom. The average molecular weight is 439 g/mol. The lowest BCUT2D eigenvalue weighted by molar-refractivity contribution is 0.111. The average Bonchev–Trinajstić information content (AvgIpc) is 2.69. The molecule has 1 aliphatic rings. The molecule has 1 atom stereocenters. The Morgan fingerprint density at radius 3 is 2.74 bits per heavy atom. The van der Waals surface area contributed by atoms with Crippen LogP contribution in [0.15, 0.2) is 33.7 Å². The smallest absolute Gasteiger partial charge is 0.409 e. The number of aliphatic imine (C=N–C) groups is 1. The summed E-state index contributed by atoms with van der Waals surface area (Å²) in [5.74, 6) is 1.37. The number of ether oxygens (including phenoxy) is 1. The molecule has 1 heterocycles. The normalized spacial score (nSPS) is 16.7. The minimum atomic E-state index is -0.241. The fourth-order valence-electron chi connectivity index (χ4n) is 3.32. The van der Waals surface area contributed by atoms with Crippen molar-refractivity contribution in [1.29, 1.82) is 0 Å². The van der Waals surface area contributed by atoms with Crippen molar-refractivity contribution in [3.8, 4) is 0 Å². The van der Waals surface area contributed by atoms with Gasteiger partial charge < -0.3 is 20.3 Å². The highest BCUT2D eigenvalue weighted by Crippen LogP contribution is 2.17. The third-order valence-corrected chi connectivity index (χ3v) is 5.53. The Bertz CT molecular complexity index is 630. The molecule has 0 radical (unpaired) electrons. The van der Waals surface area contributed by atoms with Crippen molar-refractivity contribution in [2.75, 3.05) is 33.8 Å². The monoisotopic (exact) mass is 438 g/mol. The summed E-state index contributed by atoms with van der Waals surface area (Å²) in [6.07, 6.45) is 3.69. The summed E-state index contributed by atoms with van der Waals surface area (Å²) in [6.45, 7) is 4.52. The van der Waals surface area contributed by atoms with Gasteiger partial charge in [-0.15, -0.1) is 0 Å². The van der Waals surface area contributed by atoms with Crippen LogP contribution in [0.2, 0.25) is 0 Å². The van der Waals surface area contributed by atoms with Crippen LogP contribution in [-0.4, -0.2) is 56.8 Å². The number of hydrogen-bond donors (Lipinski definition) is 2. The van der Waals surface area contributed by atoms with Gasteiger partial charge >= 0.3 is 6.09 Å². The van der Waals surface area contributed by atoms with Crippen LogP contribution in [0.5, 0.6) is 0 Å². The number of nitrogens with one attached hydrogen (secondary N) is 2. The van der Waals surface area contributed by atoms with Gasteiger partial charge in [0, 0.05) is 37.2 Å². The van der Waals surface area contributed by atoms with Gasteiger partial charge in [0.25, 0.3) is 0 Å². The lowest BCUT2D eigenvalue weighted by atomic mass is 9.97. The minimum Gasteiger partial charge on any atom is -0.453 e. The van der Waals surface area contributed by atoms with E-state index in [4.69, 9.17) is 4.74 Å². The molecular weight excluding hydrogens is 408 g/mol. The van der Waals surface area contributed by atoms with Gasteiger partial charge in [0.2, 0.25) is 0 Å². The first-order valence-electron chi connectivity index (χ1n) is 9.60. The molecule has 150 valence electrons. The maximum absolute atomic E-state index is 11.6. The molecule has 2 N–H and O–H groups in total. The number of halogens is 1. The molecule has 0 bridgehead atoms. The van der Waals surface area contributed by atoms with E-state index in [1.165, 1.54) is 12.7 Å². The second-order valence-electron chi connectivity index (χ2n) is 6.94. The molecule has 1 aliphatic heterocycles. The zero-order chi connectivity index (χ0) is 19.6. The molecule has 0 aromatic heterocycles. The minimum absolute atomic E-state index is 0.241. The zero-order valence-electron chi connectivity index (χ0n) is 16.5. The van der Waals surface area contributed by atoms with Gasteiger partial charge in [-0.2, -0.15) is 0 Å². The van der Waals surface area contributed by atoms with E-state index in [1.54, 1.807) is 11.9 Å². The fraction of sp³-hybridized carbons (Fsp3) is 0.600. The molecule has 2 rings (SSSR count). The van der Waals surface area contributed by atoms with Gasteiger partial charge in [-0.3, -0.25) is 4.99 Å². The fourth-order valence-corrected chi connectivity index (χ4v) is 3.77. The molecule has 6 nitrogen and oxygen atoms in total. The number of hydrogen-bond acceptors (Lipinski definition) is 3. The summed E-state index contributed by atoms with van der Waals surface area (Å²) < 4.78 is 5.91. The van der Waals surface area contributed by atoms with Crippen molar-refractivity contribution in [3.63, 3.8) is 0 Å². The van der Waals surface area contributed by atoms with Crippen LogP contribution < -0.4 is 10.6 Å². The van der Waals surface area contributed by atoms with Crippen molar-refractivity contribution in [1.82, 2.24) is 15.5 Å². The standard InChI is InChI=1S/C20H31BrN4O2/c1-4-15(12-16-6-5-7-17(21)13-16)14-23-19(22-2)24-18-8-10-25(11-9-18)20(26)27-3/h5-7,13,15,18H,4,8-12,14H2,1-3H3,(H2,22,23,24). The molecule has 1 fully saturated rings. The van der Waals surface area contributed by atoms with Gasteiger partial charge in [0.15, 0.2) is 5.96 Å². The van der Waals surface area contributed by atoms with Crippen LogP contribution >= 0.6 is 15.9 Å². The van der Waals surface area contributed by atoms with Gasteiger partial charge in [0.1, 0.15) is 0 Å². The van der Waals surface area contributed by atoms with E-state index in [-0.39, 0.29) is 6.09 Å². The zero-order valence-corrected chi connectivity index (χ0v) is 18.1. The van der Waals surface area contributed by atoms with Gasteiger partial charge in [-0.25, -0.2) is 4.79 Å². The van der Waals surface area contributed by atoms with Crippen LogP contribution in [0.3, 0.4) is 0 Å². The lowest BCUT2D eigenvalue weighted by Gasteiger charge is -2.32. The number of carbonyl (C=O) groups excluding carboxylic acids is 1. The number of nitrogens with zero attached hydrogens (tertiary/aromatic N) is 2. The predicted molar refractivity (Wildman–Crippen MR) is 113 cm³/mol. The molecular formula is C20H31BrN4O2. The lowest BCUT2D eigenvalue weighted by Crippen LogP contribution is -2.50. The Balaban J connectivity index is 1.78. The Kier molecular flexibility index (Phi) is 8.91.